The summed E-state index contributed by atoms with van der Waals surface area (Å²) in [6.45, 7) is 3.70. The number of nitrogens with one attached hydrogen (secondary N) is 2. The first-order valence-electron chi connectivity index (χ1n) is 7.15. The number of rotatable bonds is 6. The van der Waals surface area contributed by atoms with Gasteiger partial charge in [-0.05, 0) is 18.6 Å². The van der Waals surface area contributed by atoms with E-state index in [1.165, 1.54) is 0 Å². The van der Waals surface area contributed by atoms with Gasteiger partial charge < -0.3 is 10.6 Å². The van der Waals surface area contributed by atoms with Gasteiger partial charge in [0.15, 0.2) is 0 Å². The Kier molecular flexibility index (Phi) is 5.24. The van der Waals surface area contributed by atoms with Crippen molar-refractivity contribution in [2.75, 3.05) is 11.9 Å². The number of aromatic nitrogens is 3. The molecule has 1 atom stereocenters. The van der Waals surface area contributed by atoms with Crippen LogP contribution in [0.15, 0.2) is 36.7 Å². The van der Waals surface area contributed by atoms with Crippen LogP contribution in [-0.2, 0) is 9.59 Å². The molecule has 2 rings (SSSR count). The lowest BCUT2D eigenvalue weighted by atomic mass is 10.1. The van der Waals surface area contributed by atoms with E-state index in [1.807, 2.05) is 32.0 Å². The minimum atomic E-state index is -0.288. The molecule has 0 radical (unpaired) electrons. The molecule has 2 aromatic rings. The summed E-state index contributed by atoms with van der Waals surface area (Å²) in [5.74, 6) is -0.512. The molecule has 0 saturated heterocycles. The Hall–Kier alpha value is -2.70. The van der Waals surface area contributed by atoms with Crippen molar-refractivity contribution in [3.8, 4) is 5.69 Å². The lowest BCUT2D eigenvalue weighted by molar-refractivity contribution is -0.126. The Labute approximate surface area is 128 Å². The van der Waals surface area contributed by atoms with E-state index in [0.29, 0.717) is 11.4 Å². The first kappa shape index (κ1) is 15.7. The van der Waals surface area contributed by atoms with Crippen LogP contribution in [-0.4, -0.2) is 33.4 Å². The van der Waals surface area contributed by atoms with E-state index in [-0.39, 0.29) is 24.3 Å². The minimum absolute atomic E-state index is 0.0607. The summed E-state index contributed by atoms with van der Waals surface area (Å²) in [5.41, 5.74) is 1.32. The second-order valence-electron chi connectivity index (χ2n) is 4.94. The maximum absolute atomic E-state index is 12.0. The Morgan fingerprint density at radius 1 is 1.32 bits per heavy atom. The molecule has 7 heteroatoms. The summed E-state index contributed by atoms with van der Waals surface area (Å²) < 4.78 is 1.56. The summed E-state index contributed by atoms with van der Waals surface area (Å²) in [5, 5.41) is 13.0. The normalized spacial score (nSPS) is 11.7. The summed E-state index contributed by atoms with van der Waals surface area (Å²) in [7, 11) is 0. The summed E-state index contributed by atoms with van der Waals surface area (Å²) in [6, 6.07) is 7.25. The van der Waals surface area contributed by atoms with E-state index >= 15 is 0 Å². The highest BCUT2D eigenvalue weighted by molar-refractivity contribution is 5.96. The van der Waals surface area contributed by atoms with E-state index in [9.17, 15) is 9.59 Å². The SMILES string of the molecule is CC[C@@H](C)C(=O)NCC(=O)Nc1ccccc1-n1ccnn1. The van der Waals surface area contributed by atoms with Gasteiger partial charge in [0.25, 0.3) is 0 Å². The van der Waals surface area contributed by atoms with Crippen LogP contribution in [0.4, 0.5) is 5.69 Å². The molecule has 22 heavy (non-hydrogen) atoms. The molecule has 2 N–H and O–H groups in total. The zero-order chi connectivity index (χ0) is 15.9. The molecule has 1 aromatic heterocycles. The van der Waals surface area contributed by atoms with Gasteiger partial charge in [0.2, 0.25) is 11.8 Å². The van der Waals surface area contributed by atoms with Crippen LogP contribution >= 0.6 is 0 Å². The monoisotopic (exact) mass is 301 g/mol. The second-order valence-corrected chi connectivity index (χ2v) is 4.94. The van der Waals surface area contributed by atoms with Gasteiger partial charge in [-0.3, -0.25) is 9.59 Å². The largest absolute Gasteiger partial charge is 0.347 e. The van der Waals surface area contributed by atoms with Crippen molar-refractivity contribution in [3.63, 3.8) is 0 Å². The van der Waals surface area contributed by atoms with Gasteiger partial charge in [-0.1, -0.05) is 31.2 Å². The van der Waals surface area contributed by atoms with E-state index in [4.69, 9.17) is 0 Å². The summed E-state index contributed by atoms with van der Waals surface area (Å²) in [6.07, 6.45) is 3.99. The van der Waals surface area contributed by atoms with Crippen molar-refractivity contribution >= 4 is 17.5 Å². The van der Waals surface area contributed by atoms with Crippen LogP contribution in [0.3, 0.4) is 0 Å². The molecule has 7 nitrogen and oxygen atoms in total. The fourth-order valence-corrected chi connectivity index (χ4v) is 1.84. The first-order chi connectivity index (χ1) is 10.6. The number of nitrogens with zero attached hydrogens (tertiary/aromatic N) is 3. The van der Waals surface area contributed by atoms with E-state index in [2.05, 4.69) is 20.9 Å². The minimum Gasteiger partial charge on any atom is -0.347 e. The summed E-state index contributed by atoms with van der Waals surface area (Å²) in [4.78, 5) is 23.6. The van der Waals surface area contributed by atoms with E-state index in [0.717, 1.165) is 6.42 Å². The number of para-hydroxylation sites is 2. The highest BCUT2D eigenvalue weighted by atomic mass is 16.2. The maximum Gasteiger partial charge on any atom is 0.243 e. The van der Waals surface area contributed by atoms with Crippen molar-refractivity contribution in [2.45, 2.75) is 20.3 Å². The fourth-order valence-electron chi connectivity index (χ4n) is 1.84. The predicted octanol–water partition coefficient (Wildman–Crippen LogP) is 1.37. The third-order valence-electron chi connectivity index (χ3n) is 3.33. The standard InChI is InChI=1S/C15H19N5O2/c1-3-11(2)15(22)16-10-14(21)18-12-6-4-5-7-13(12)20-9-8-17-19-20/h4-9,11H,3,10H2,1-2H3,(H,16,22)(H,18,21)/t11-/m1/s1. The van der Waals surface area contributed by atoms with Crippen molar-refractivity contribution in [3.05, 3.63) is 36.7 Å². The molecule has 0 fully saturated rings. The quantitative estimate of drug-likeness (QED) is 0.843. The number of carbonyl (C=O) groups excluding carboxylic acids is 2. The Bertz CT molecular complexity index is 639. The number of anilines is 1. The molecule has 1 aromatic carbocycles. The molecule has 2 amide bonds. The first-order valence-corrected chi connectivity index (χ1v) is 7.15. The van der Waals surface area contributed by atoms with Gasteiger partial charge in [0.1, 0.15) is 0 Å². The highest BCUT2D eigenvalue weighted by Crippen LogP contribution is 2.18. The van der Waals surface area contributed by atoms with E-state index < -0.39 is 0 Å². The Morgan fingerprint density at radius 3 is 2.77 bits per heavy atom. The lowest BCUT2D eigenvalue weighted by Crippen LogP contribution is -2.36. The third kappa shape index (κ3) is 3.91. The second kappa shape index (κ2) is 7.35. The number of hydrogen-bond donors (Lipinski definition) is 2. The van der Waals surface area contributed by atoms with Crippen LogP contribution in [0.1, 0.15) is 20.3 Å². The molecular formula is C15H19N5O2. The van der Waals surface area contributed by atoms with Gasteiger partial charge in [-0.25, -0.2) is 4.68 Å². The van der Waals surface area contributed by atoms with Crippen LogP contribution in [0.2, 0.25) is 0 Å². The number of hydrogen-bond acceptors (Lipinski definition) is 4. The van der Waals surface area contributed by atoms with Crippen LogP contribution in [0, 0.1) is 5.92 Å². The molecule has 0 aliphatic rings. The molecule has 116 valence electrons. The summed E-state index contributed by atoms with van der Waals surface area (Å²) >= 11 is 0. The maximum atomic E-state index is 12.0. The molecule has 0 bridgehead atoms. The van der Waals surface area contributed by atoms with Crippen molar-refractivity contribution in [2.24, 2.45) is 5.92 Å². The number of carbonyl (C=O) groups is 2. The lowest BCUT2D eigenvalue weighted by Gasteiger charge is -2.12. The molecule has 0 unspecified atom stereocenters. The molecule has 0 aliphatic heterocycles. The zero-order valence-electron chi connectivity index (χ0n) is 12.6. The topological polar surface area (TPSA) is 88.9 Å². The Balaban J connectivity index is 1.99. The van der Waals surface area contributed by atoms with Crippen molar-refractivity contribution < 1.29 is 9.59 Å². The van der Waals surface area contributed by atoms with Crippen LogP contribution in [0.5, 0.6) is 0 Å². The van der Waals surface area contributed by atoms with Crippen LogP contribution < -0.4 is 10.6 Å². The fraction of sp³-hybridized carbons (Fsp3) is 0.333. The number of benzene rings is 1. The average molecular weight is 301 g/mol. The molecule has 0 spiro atoms. The van der Waals surface area contributed by atoms with E-state index in [1.54, 1.807) is 23.1 Å². The number of amides is 2. The smallest absolute Gasteiger partial charge is 0.243 e. The van der Waals surface area contributed by atoms with Crippen LogP contribution in [0.25, 0.3) is 5.69 Å². The average Bonchev–Trinajstić information content (AvgIpc) is 3.06. The molecule has 0 aliphatic carbocycles. The Morgan fingerprint density at radius 2 is 2.09 bits per heavy atom. The molecule has 1 heterocycles. The van der Waals surface area contributed by atoms with Gasteiger partial charge >= 0.3 is 0 Å². The van der Waals surface area contributed by atoms with Crippen molar-refractivity contribution in [1.82, 2.24) is 20.3 Å². The van der Waals surface area contributed by atoms with Gasteiger partial charge in [0, 0.05) is 5.92 Å². The van der Waals surface area contributed by atoms with Gasteiger partial charge in [-0.2, -0.15) is 0 Å². The highest BCUT2D eigenvalue weighted by Gasteiger charge is 2.13. The van der Waals surface area contributed by atoms with Gasteiger partial charge in [0.05, 0.1) is 30.3 Å². The predicted molar refractivity (Wildman–Crippen MR) is 82.5 cm³/mol. The van der Waals surface area contributed by atoms with Gasteiger partial charge in [-0.15, -0.1) is 5.10 Å². The molecule has 0 saturated carbocycles. The van der Waals surface area contributed by atoms with Crippen molar-refractivity contribution in [1.29, 1.82) is 0 Å². The molecular weight excluding hydrogens is 282 g/mol. The zero-order valence-corrected chi connectivity index (χ0v) is 12.6. The third-order valence-corrected chi connectivity index (χ3v) is 3.33.